The van der Waals surface area contributed by atoms with Crippen molar-refractivity contribution in [2.45, 2.75) is 89.3 Å². The number of carbonyl (C=O) groups is 3. The number of alkyl halides is 2. The van der Waals surface area contributed by atoms with Crippen molar-refractivity contribution in [1.29, 1.82) is 0 Å². The van der Waals surface area contributed by atoms with Crippen LogP contribution in [-0.4, -0.2) is 64.7 Å². The van der Waals surface area contributed by atoms with Crippen LogP contribution in [0.3, 0.4) is 0 Å². The van der Waals surface area contributed by atoms with Crippen LogP contribution in [0.25, 0.3) is 0 Å². The molecule has 1 N–H and O–H groups in total. The van der Waals surface area contributed by atoms with Crippen molar-refractivity contribution in [1.82, 2.24) is 0 Å². The van der Waals surface area contributed by atoms with Gasteiger partial charge in [-0.25, -0.2) is 8.78 Å². The first-order valence-corrected chi connectivity index (χ1v) is 12.1. The molecule has 5 aliphatic rings. The number of carbonyl (C=O) groups excluding carboxylic acids is 3. The van der Waals surface area contributed by atoms with Crippen molar-refractivity contribution >= 4 is 17.5 Å². The number of Topliss-reactive ketones (excluding diaryl/α,β-unsaturated/α-hetero) is 1. The van der Waals surface area contributed by atoms with E-state index in [4.69, 9.17) is 14.2 Å². The van der Waals surface area contributed by atoms with E-state index in [0.717, 1.165) is 6.08 Å². The zero-order valence-electron chi connectivity index (χ0n) is 20.6. The number of ether oxygens (including phenoxy) is 3. The Morgan fingerprint density at radius 1 is 1.20 bits per heavy atom. The molecule has 0 radical (unpaired) electrons. The summed E-state index contributed by atoms with van der Waals surface area (Å²) in [6.07, 6.45) is -0.345. The number of rotatable bonds is 3. The van der Waals surface area contributed by atoms with E-state index < -0.39 is 82.2 Å². The van der Waals surface area contributed by atoms with Crippen molar-refractivity contribution in [2.24, 2.45) is 22.7 Å². The number of aliphatic hydroxyl groups is 1. The van der Waals surface area contributed by atoms with Crippen molar-refractivity contribution in [2.75, 3.05) is 6.61 Å². The molecule has 5 rings (SSSR count). The molecule has 0 bridgehead atoms. The molecule has 4 fully saturated rings. The SMILES string of the molecule is CC(=O)OCC(=O)[C@@]12OC(C)(C)O[C@@H]1CC1C3C[C@H](F)C4=CC(=O)C=CC4(C)[C@@]3(F)[C@@H](O)C[C@@]12C. The molecule has 4 aliphatic carbocycles. The summed E-state index contributed by atoms with van der Waals surface area (Å²) in [7, 11) is 0. The summed E-state index contributed by atoms with van der Waals surface area (Å²) < 4.78 is 50.3. The lowest BCUT2D eigenvalue weighted by Crippen LogP contribution is -2.71. The summed E-state index contributed by atoms with van der Waals surface area (Å²) in [6.45, 7) is 7.28. The lowest BCUT2D eigenvalue weighted by atomic mass is 9.44. The van der Waals surface area contributed by atoms with Crippen molar-refractivity contribution in [3.63, 3.8) is 0 Å². The standard InChI is InChI=1S/C26H32F2O7/c1-13(29)33-12-20(32)26-21(34-22(2,3)35-26)10-15-16-9-18(27)17-8-14(30)6-7-23(17,4)25(16,28)19(31)11-24(15,26)5/h6-8,15-16,18-19,21,31H,9-12H2,1-5H3/t15?,16?,18-,19-,21+,23?,24-,25-,26+/m0/s1. The third kappa shape index (κ3) is 2.95. The van der Waals surface area contributed by atoms with Crippen LogP contribution in [0.5, 0.6) is 0 Å². The lowest BCUT2D eigenvalue weighted by Gasteiger charge is -2.63. The molecule has 3 saturated carbocycles. The van der Waals surface area contributed by atoms with E-state index in [0.29, 0.717) is 0 Å². The van der Waals surface area contributed by atoms with Gasteiger partial charge in [0.15, 0.2) is 29.4 Å². The predicted octanol–water partition coefficient (Wildman–Crippen LogP) is 2.94. The van der Waals surface area contributed by atoms with E-state index in [9.17, 15) is 19.5 Å². The molecule has 0 aromatic heterocycles. The zero-order chi connectivity index (χ0) is 25.8. The highest BCUT2D eigenvalue weighted by molar-refractivity contribution is 6.01. The van der Waals surface area contributed by atoms with Crippen LogP contribution in [0.1, 0.15) is 53.9 Å². The first-order chi connectivity index (χ1) is 16.1. The molecule has 9 atom stereocenters. The third-order valence-electron chi connectivity index (χ3n) is 9.44. The van der Waals surface area contributed by atoms with Crippen LogP contribution in [0.4, 0.5) is 8.78 Å². The van der Waals surface area contributed by atoms with Crippen LogP contribution >= 0.6 is 0 Å². The van der Waals surface area contributed by atoms with Crippen LogP contribution < -0.4 is 0 Å². The molecule has 35 heavy (non-hydrogen) atoms. The second-order valence-corrected chi connectivity index (χ2v) is 11.6. The molecule has 9 heteroatoms. The van der Waals surface area contributed by atoms with Gasteiger partial charge in [0.1, 0.15) is 6.17 Å². The maximum absolute atomic E-state index is 17.3. The van der Waals surface area contributed by atoms with Gasteiger partial charge in [0.05, 0.1) is 12.2 Å². The number of aliphatic hydroxyl groups excluding tert-OH is 1. The van der Waals surface area contributed by atoms with Gasteiger partial charge < -0.3 is 19.3 Å². The van der Waals surface area contributed by atoms with Crippen LogP contribution in [0.15, 0.2) is 23.8 Å². The Morgan fingerprint density at radius 2 is 1.89 bits per heavy atom. The third-order valence-corrected chi connectivity index (χ3v) is 9.44. The molecule has 192 valence electrons. The fourth-order valence-corrected chi connectivity index (χ4v) is 8.08. The molecule has 0 amide bonds. The van der Waals surface area contributed by atoms with Gasteiger partial charge in [0.2, 0.25) is 5.78 Å². The number of hydrogen-bond donors (Lipinski definition) is 1. The summed E-state index contributed by atoms with van der Waals surface area (Å²) in [6, 6.07) is 0. The molecular weight excluding hydrogens is 462 g/mol. The average molecular weight is 495 g/mol. The molecule has 0 aromatic rings. The first-order valence-electron chi connectivity index (χ1n) is 12.1. The molecule has 1 heterocycles. The summed E-state index contributed by atoms with van der Waals surface area (Å²) in [4.78, 5) is 37.1. The molecule has 3 unspecified atom stereocenters. The highest BCUT2D eigenvalue weighted by atomic mass is 19.1. The minimum atomic E-state index is -2.27. The Kier molecular flexibility index (Phi) is 5.15. The molecular formula is C26H32F2O7. The van der Waals surface area contributed by atoms with E-state index in [1.165, 1.54) is 26.0 Å². The monoisotopic (exact) mass is 494 g/mol. The second-order valence-electron chi connectivity index (χ2n) is 11.6. The van der Waals surface area contributed by atoms with Gasteiger partial charge in [-0.15, -0.1) is 0 Å². The van der Waals surface area contributed by atoms with Gasteiger partial charge in [-0.05, 0) is 63.7 Å². The van der Waals surface area contributed by atoms with E-state index in [2.05, 4.69) is 0 Å². The van der Waals surface area contributed by atoms with Gasteiger partial charge in [-0.3, -0.25) is 14.4 Å². The summed E-state index contributed by atoms with van der Waals surface area (Å²) >= 11 is 0. The van der Waals surface area contributed by atoms with Gasteiger partial charge in [-0.1, -0.05) is 13.0 Å². The number of allylic oxidation sites excluding steroid dienone is 4. The Hall–Kier alpha value is -1.97. The minimum Gasteiger partial charge on any atom is -0.458 e. The van der Waals surface area contributed by atoms with Crippen molar-refractivity contribution in [3.8, 4) is 0 Å². The summed E-state index contributed by atoms with van der Waals surface area (Å²) in [5.74, 6) is -4.23. The molecule has 0 aromatic carbocycles. The van der Waals surface area contributed by atoms with Crippen LogP contribution in [0, 0.1) is 22.7 Å². The smallest absolute Gasteiger partial charge is 0.303 e. The maximum atomic E-state index is 17.3. The molecule has 7 nitrogen and oxygen atoms in total. The highest BCUT2D eigenvalue weighted by Gasteiger charge is 2.80. The first kappa shape index (κ1) is 24.7. The quantitative estimate of drug-likeness (QED) is 0.603. The minimum absolute atomic E-state index is 0.0406. The Balaban J connectivity index is 1.62. The highest BCUT2D eigenvalue weighted by Crippen LogP contribution is 2.72. The van der Waals surface area contributed by atoms with E-state index in [1.807, 2.05) is 0 Å². The largest absolute Gasteiger partial charge is 0.458 e. The number of esters is 1. The predicted molar refractivity (Wildman–Crippen MR) is 118 cm³/mol. The summed E-state index contributed by atoms with van der Waals surface area (Å²) in [5.41, 5.74) is -6.46. The Labute approximate surface area is 202 Å². The van der Waals surface area contributed by atoms with Gasteiger partial charge in [0.25, 0.3) is 0 Å². The fourth-order valence-electron chi connectivity index (χ4n) is 8.08. The van der Waals surface area contributed by atoms with Crippen LogP contribution in [0.2, 0.25) is 0 Å². The van der Waals surface area contributed by atoms with Crippen molar-refractivity contribution < 1.29 is 42.5 Å². The fraction of sp³-hybridized carbons (Fsp3) is 0.731. The van der Waals surface area contributed by atoms with Crippen molar-refractivity contribution in [3.05, 3.63) is 23.8 Å². The Bertz CT molecular complexity index is 1070. The average Bonchev–Trinajstić information content (AvgIpc) is 3.16. The van der Waals surface area contributed by atoms with Gasteiger partial charge in [-0.2, -0.15) is 0 Å². The zero-order valence-corrected chi connectivity index (χ0v) is 20.6. The Morgan fingerprint density at radius 3 is 2.54 bits per heavy atom. The van der Waals surface area contributed by atoms with E-state index in [-0.39, 0.29) is 24.8 Å². The van der Waals surface area contributed by atoms with Gasteiger partial charge >= 0.3 is 5.97 Å². The second kappa shape index (κ2) is 7.29. The number of fused-ring (bicyclic) bond motifs is 7. The maximum Gasteiger partial charge on any atom is 0.303 e. The van der Waals surface area contributed by atoms with Gasteiger partial charge in [0, 0.05) is 23.7 Å². The van der Waals surface area contributed by atoms with E-state index >= 15 is 8.78 Å². The number of ketones is 2. The lowest BCUT2D eigenvalue weighted by molar-refractivity contribution is -0.249. The molecule has 1 aliphatic heterocycles. The topological polar surface area (TPSA) is 99.1 Å². The normalized spacial score (nSPS) is 49.4. The molecule has 1 saturated heterocycles. The molecule has 0 spiro atoms. The summed E-state index contributed by atoms with van der Waals surface area (Å²) in [5, 5.41) is 11.5. The van der Waals surface area contributed by atoms with E-state index in [1.54, 1.807) is 20.8 Å². The number of halogens is 2. The van der Waals surface area contributed by atoms with Crippen LogP contribution in [-0.2, 0) is 28.6 Å². The number of hydrogen-bond acceptors (Lipinski definition) is 7.